The number of aromatic nitrogens is 4. The smallest absolute Gasteiger partial charge is 0.291 e. The van der Waals surface area contributed by atoms with Crippen LogP contribution in [0.5, 0.6) is 0 Å². The second kappa shape index (κ2) is 6.42. The van der Waals surface area contributed by atoms with E-state index < -0.39 is 0 Å². The number of amides is 1. The Bertz CT molecular complexity index is 672. The summed E-state index contributed by atoms with van der Waals surface area (Å²) in [5.74, 6) is 1.23. The number of hydrogen-bond acceptors (Lipinski definition) is 4. The topological polar surface area (TPSA) is 72.2 Å². The minimum absolute atomic E-state index is 0.199. The van der Waals surface area contributed by atoms with Gasteiger partial charge in [0.1, 0.15) is 0 Å². The molecule has 0 aromatic carbocycles. The Labute approximate surface area is 130 Å². The molecule has 0 atom stereocenters. The minimum Gasteiger partial charge on any atom is -0.349 e. The van der Waals surface area contributed by atoms with E-state index in [1.807, 2.05) is 19.9 Å². The van der Waals surface area contributed by atoms with E-state index in [4.69, 9.17) is 0 Å². The highest BCUT2D eigenvalue weighted by molar-refractivity contribution is 5.90. The van der Waals surface area contributed by atoms with Crippen LogP contribution < -0.4 is 5.32 Å². The zero-order chi connectivity index (χ0) is 15.5. The molecule has 22 heavy (non-hydrogen) atoms. The number of carbonyl (C=O) groups excluding carboxylic acids is 1. The fourth-order valence-electron chi connectivity index (χ4n) is 3.21. The van der Waals surface area contributed by atoms with Crippen molar-refractivity contribution in [2.24, 2.45) is 5.92 Å². The molecule has 1 aliphatic rings. The highest BCUT2D eigenvalue weighted by Crippen LogP contribution is 2.25. The van der Waals surface area contributed by atoms with E-state index in [1.54, 1.807) is 4.52 Å². The fourth-order valence-corrected chi connectivity index (χ4v) is 3.21. The molecule has 1 aliphatic carbocycles. The third-order valence-corrected chi connectivity index (χ3v) is 4.38. The van der Waals surface area contributed by atoms with Crippen molar-refractivity contribution in [3.63, 3.8) is 0 Å². The summed E-state index contributed by atoms with van der Waals surface area (Å²) < 4.78 is 1.61. The van der Waals surface area contributed by atoms with Gasteiger partial charge in [-0.2, -0.15) is 4.98 Å². The molecule has 2 aromatic rings. The molecule has 0 bridgehead atoms. The summed E-state index contributed by atoms with van der Waals surface area (Å²) in [6.45, 7) is 4.54. The summed E-state index contributed by atoms with van der Waals surface area (Å²) >= 11 is 0. The van der Waals surface area contributed by atoms with Crippen molar-refractivity contribution >= 4 is 11.7 Å². The lowest BCUT2D eigenvalue weighted by Crippen LogP contribution is -2.27. The molecule has 6 heteroatoms. The van der Waals surface area contributed by atoms with Gasteiger partial charge in [0, 0.05) is 17.9 Å². The first-order valence-electron chi connectivity index (χ1n) is 8.13. The molecular weight excluding hydrogens is 278 g/mol. The fraction of sp³-hybridized carbons (Fsp3) is 0.625. The first kappa shape index (κ1) is 14.9. The number of nitrogens with zero attached hydrogens (tertiary/aromatic N) is 4. The number of hydrogen-bond donors (Lipinski definition) is 1. The largest absolute Gasteiger partial charge is 0.349 e. The third-order valence-electron chi connectivity index (χ3n) is 4.38. The van der Waals surface area contributed by atoms with E-state index in [0.717, 1.165) is 23.7 Å². The van der Waals surface area contributed by atoms with Gasteiger partial charge < -0.3 is 5.32 Å². The van der Waals surface area contributed by atoms with Crippen LogP contribution in [0, 0.1) is 19.8 Å². The normalized spacial score (nSPS) is 16.1. The van der Waals surface area contributed by atoms with Crippen molar-refractivity contribution in [3.05, 3.63) is 23.3 Å². The van der Waals surface area contributed by atoms with Crippen molar-refractivity contribution in [2.45, 2.75) is 52.4 Å². The Morgan fingerprint density at radius 1 is 1.27 bits per heavy atom. The first-order valence-corrected chi connectivity index (χ1v) is 8.13. The molecule has 118 valence electrons. The van der Waals surface area contributed by atoms with Crippen LogP contribution in [0.1, 0.15) is 60.5 Å². The standard InChI is InChI=1S/C16H23N5O/c1-11-10-12(2)21-16(18-11)19-14(20-21)15(22)17-9-8-13-6-4-3-5-7-13/h10,13H,3-9H2,1-2H3,(H,17,22). The van der Waals surface area contributed by atoms with E-state index in [1.165, 1.54) is 32.1 Å². The molecule has 0 radical (unpaired) electrons. The highest BCUT2D eigenvalue weighted by Gasteiger charge is 2.16. The van der Waals surface area contributed by atoms with Gasteiger partial charge in [-0.15, -0.1) is 5.10 Å². The quantitative estimate of drug-likeness (QED) is 0.941. The van der Waals surface area contributed by atoms with Crippen LogP contribution in [0.15, 0.2) is 6.07 Å². The molecule has 2 aromatic heterocycles. The second-order valence-corrected chi connectivity index (χ2v) is 6.23. The Morgan fingerprint density at radius 2 is 2.05 bits per heavy atom. The van der Waals surface area contributed by atoms with Crippen molar-refractivity contribution in [2.75, 3.05) is 6.54 Å². The Balaban J connectivity index is 1.61. The molecule has 1 amide bonds. The zero-order valence-electron chi connectivity index (χ0n) is 13.3. The van der Waals surface area contributed by atoms with Gasteiger partial charge in [0.2, 0.25) is 5.82 Å². The van der Waals surface area contributed by atoms with Gasteiger partial charge >= 0.3 is 0 Å². The lowest BCUT2D eigenvalue weighted by molar-refractivity contribution is 0.0940. The lowest BCUT2D eigenvalue weighted by Gasteiger charge is -2.21. The molecule has 0 aliphatic heterocycles. The molecule has 2 heterocycles. The zero-order valence-corrected chi connectivity index (χ0v) is 13.3. The van der Waals surface area contributed by atoms with Gasteiger partial charge in [-0.3, -0.25) is 4.79 Å². The van der Waals surface area contributed by atoms with Crippen molar-refractivity contribution < 1.29 is 4.79 Å². The maximum absolute atomic E-state index is 12.2. The van der Waals surface area contributed by atoms with Crippen LogP contribution >= 0.6 is 0 Å². The molecule has 0 unspecified atom stereocenters. The molecule has 3 rings (SSSR count). The maximum Gasteiger partial charge on any atom is 0.291 e. The van der Waals surface area contributed by atoms with E-state index in [-0.39, 0.29) is 11.7 Å². The number of nitrogens with one attached hydrogen (secondary N) is 1. The first-order chi connectivity index (χ1) is 10.6. The molecular formula is C16H23N5O. The van der Waals surface area contributed by atoms with Crippen LogP contribution in [0.3, 0.4) is 0 Å². The van der Waals surface area contributed by atoms with Crippen LogP contribution in [0.25, 0.3) is 5.78 Å². The molecule has 1 saturated carbocycles. The molecule has 6 nitrogen and oxygen atoms in total. The highest BCUT2D eigenvalue weighted by atomic mass is 16.2. The van der Waals surface area contributed by atoms with Gasteiger partial charge in [-0.25, -0.2) is 9.50 Å². The number of rotatable bonds is 4. The SMILES string of the molecule is Cc1cc(C)n2nc(C(=O)NCCC3CCCCC3)nc2n1. The molecule has 0 saturated heterocycles. The Morgan fingerprint density at radius 3 is 2.82 bits per heavy atom. The second-order valence-electron chi connectivity index (χ2n) is 6.23. The summed E-state index contributed by atoms with van der Waals surface area (Å²) in [5.41, 5.74) is 1.80. The predicted octanol–water partition coefficient (Wildman–Crippen LogP) is 2.44. The van der Waals surface area contributed by atoms with Gasteiger partial charge in [0.15, 0.2) is 0 Å². The summed E-state index contributed by atoms with van der Waals surface area (Å²) in [4.78, 5) is 20.7. The molecule has 1 N–H and O–H groups in total. The van der Waals surface area contributed by atoms with Crippen LogP contribution in [0.4, 0.5) is 0 Å². The molecule has 0 spiro atoms. The van der Waals surface area contributed by atoms with E-state index in [2.05, 4.69) is 20.4 Å². The number of aryl methyl sites for hydroxylation is 2. The van der Waals surface area contributed by atoms with Gasteiger partial charge in [0.25, 0.3) is 11.7 Å². The van der Waals surface area contributed by atoms with Crippen molar-refractivity contribution in [1.29, 1.82) is 0 Å². The van der Waals surface area contributed by atoms with Gasteiger partial charge in [-0.1, -0.05) is 32.1 Å². The molecule has 1 fully saturated rings. The maximum atomic E-state index is 12.2. The Kier molecular flexibility index (Phi) is 4.36. The van der Waals surface area contributed by atoms with Crippen LogP contribution in [-0.4, -0.2) is 32.0 Å². The average Bonchev–Trinajstić information content (AvgIpc) is 2.92. The summed E-state index contributed by atoms with van der Waals surface area (Å²) in [5, 5.41) is 7.19. The lowest BCUT2D eigenvalue weighted by atomic mass is 9.87. The monoisotopic (exact) mass is 301 g/mol. The third kappa shape index (κ3) is 3.26. The predicted molar refractivity (Wildman–Crippen MR) is 83.8 cm³/mol. The van der Waals surface area contributed by atoms with Crippen molar-refractivity contribution in [1.82, 2.24) is 24.9 Å². The summed E-state index contributed by atoms with van der Waals surface area (Å²) in [6, 6.07) is 1.92. The van der Waals surface area contributed by atoms with E-state index in [0.29, 0.717) is 12.3 Å². The number of fused-ring (bicyclic) bond motifs is 1. The van der Waals surface area contributed by atoms with E-state index in [9.17, 15) is 4.79 Å². The number of carbonyl (C=O) groups is 1. The Hall–Kier alpha value is -1.98. The summed E-state index contributed by atoms with van der Waals surface area (Å²) in [6.07, 6.45) is 7.67. The minimum atomic E-state index is -0.210. The van der Waals surface area contributed by atoms with Gasteiger partial charge in [-0.05, 0) is 32.3 Å². The average molecular weight is 301 g/mol. The van der Waals surface area contributed by atoms with Crippen molar-refractivity contribution in [3.8, 4) is 0 Å². The van der Waals surface area contributed by atoms with Crippen LogP contribution in [0.2, 0.25) is 0 Å². The summed E-state index contributed by atoms with van der Waals surface area (Å²) in [7, 11) is 0. The van der Waals surface area contributed by atoms with Crippen LogP contribution in [-0.2, 0) is 0 Å². The van der Waals surface area contributed by atoms with Gasteiger partial charge in [0.05, 0.1) is 0 Å². The van der Waals surface area contributed by atoms with E-state index >= 15 is 0 Å².